The molecule has 31 heavy (non-hydrogen) atoms. The third-order valence-electron chi connectivity index (χ3n) is 7.33. The zero-order valence-electron chi connectivity index (χ0n) is 18.4. The van der Waals surface area contributed by atoms with Crippen molar-refractivity contribution < 1.29 is 8.42 Å². The first kappa shape index (κ1) is 21.2. The van der Waals surface area contributed by atoms with Crippen LogP contribution in [-0.4, -0.2) is 67.9 Å². The van der Waals surface area contributed by atoms with E-state index in [1.165, 1.54) is 32.1 Å². The van der Waals surface area contributed by atoms with Gasteiger partial charge in [-0.05, 0) is 56.0 Å². The SMILES string of the molecule is O=S(=O)(c1ccc2nc(N3CCN(C4CCCCC4)CC3)ccc2c1)N1CCCCC1. The second kappa shape index (κ2) is 9.04. The Hall–Kier alpha value is -1.70. The van der Waals surface area contributed by atoms with Crippen molar-refractivity contribution >= 4 is 26.7 Å². The lowest BCUT2D eigenvalue weighted by atomic mass is 9.94. The molecule has 3 aliphatic rings. The largest absolute Gasteiger partial charge is 0.354 e. The molecule has 3 fully saturated rings. The summed E-state index contributed by atoms with van der Waals surface area (Å²) < 4.78 is 27.6. The van der Waals surface area contributed by atoms with E-state index in [0.717, 1.165) is 68.2 Å². The summed E-state index contributed by atoms with van der Waals surface area (Å²) in [7, 11) is -3.41. The number of nitrogens with zero attached hydrogens (tertiary/aromatic N) is 4. The van der Waals surface area contributed by atoms with Crippen molar-refractivity contribution in [3.05, 3.63) is 30.3 Å². The van der Waals surface area contributed by atoms with Crippen molar-refractivity contribution in [2.45, 2.75) is 62.3 Å². The second-order valence-electron chi connectivity index (χ2n) is 9.30. The standard InChI is InChI=1S/C24H34N4O2S/c29-31(30,28-13-5-2-6-14-28)22-10-11-23-20(19-22)9-12-24(25-23)27-17-15-26(16-18-27)21-7-3-1-4-8-21/h9-12,19,21H,1-8,13-18H2. The summed E-state index contributed by atoms with van der Waals surface area (Å²) in [5.41, 5.74) is 0.866. The zero-order valence-corrected chi connectivity index (χ0v) is 19.2. The molecule has 0 unspecified atom stereocenters. The molecule has 168 valence electrons. The maximum atomic E-state index is 13.0. The normalized spacial score (nSPS) is 22.8. The molecule has 0 bridgehead atoms. The molecule has 0 radical (unpaired) electrons. The Balaban J connectivity index is 1.29. The van der Waals surface area contributed by atoms with E-state index < -0.39 is 10.0 Å². The van der Waals surface area contributed by atoms with Crippen LogP contribution in [0.25, 0.3) is 10.9 Å². The molecule has 1 aliphatic carbocycles. The minimum Gasteiger partial charge on any atom is -0.354 e. The smallest absolute Gasteiger partial charge is 0.243 e. The van der Waals surface area contributed by atoms with Crippen molar-refractivity contribution in [1.82, 2.24) is 14.2 Å². The van der Waals surface area contributed by atoms with Gasteiger partial charge in [-0.1, -0.05) is 25.7 Å². The quantitative estimate of drug-likeness (QED) is 0.720. The van der Waals surface area contributed by atoms with Crippen LogP contribution in [0.1, 0.15) is 51.4 Å². The highest BCUT2D eigenvalue weighted by Crippen LogP contribution is 2.27. The van der Waals surface area contributed by atoms with Crippen LogP contribution in [0.4, 0.5) is 5.82 Å². The van der Waals surface area contributed by atoms with Gasteiger partial charge in [0.25, 0.3) is 0 Å². The van der Waals surface area contributed by atoms with Crippen LogP contribution in [0.15, 0.2) is 35.2 Å². The highest BCUT2D eigenvalue weighted by Gasteiger charge is 2.27. The number of rotatable bonds is 4. The summed E-state index contributed by atoms with van der Waals surface area (Å²) in [5, 5.41) is 0.891. The predicted octanol–water partition coefficient (Wildman–Crippen LogP) is 3.86. The predicted molar refractivity (Wildman–Crippen MR) is 125 cm³/mol. The van der Waals surface area contributed by atoms with E-state index in [2.05, 4.69) is 15.9 Å². The van der Waals surface area contributed by atoms with E-state index in [9.17, 15) is 8.42 Å². The van der Waals surface area contributed by atoms with Gasteiger partial charge in [-0.25, -0.2) is 13.4 Å². The molecule has 3 heterocycles. The number of sulfonamides is 1. The minimum absolute atomic E-state index is 0.387. The summed E-state index contributed by atoms with van der Waals surface area (Å²) >= 11 is 0. The highest BCUT2D eigenvalue weighted by atomic mass is 32.2. The van der Waals surface area contributed by atoms with E-state index in [0.29, 0.717) is 18.0 Å². The topological polar surface area (TPSA) is 56.8 Å². The molecular formula is C24H34N4O2S. The van der Waals surface area contributed by atoms with Gasteiger partial charge < -0.3 is 4.90 Å². The van der Waals surface area contributed by atoms with Crippen molar-refractivity contribution in [3.8, 4) is 0 Å². The molecule has 0 spiro atoms. The van der Waals surface area contributed by atoms with E-state index >= 15 is 0 Å². The number of fused-ring (bicyclic) bond motifs is 1. The van der Waals surface area contributed by atoms with Crippen LogP contribution in [0, 0.1) is 0 Å². The Kier molecular flexibility index (Phi) is 6.17. The highest BCUT2D eigenvalue weighted by molar-refractivity contribution is 7.89. The summed E-state index contributed by atoms with van der Waals surface area (Å²) in [6.07, 6.45) is 9.90. The molecule has 6 nitrogen and oxygen atoms in total. The average Bonchev–Trinajstić information content (AvgIpc) is 2.84. The third kappa shape index (κ3) is 4.45. The Labute approximate surface area is 186 Å². The molecule has 1 aromatic carbocycles. The number of piperazine rings is 1. The van der Waals surface area contributed by atoms with Crippen LogP contribution >= 0.6 is 0 Å². The Morgan fingerprint density at radius 2 is 1.48 bits per heavy atom. The molecule has 0 amide bonds. The number of benzene rings is 1. The lowest BCUT2D eigenvalue weighted by Gasteiger charge is -2.41. The second-order valence-corrected chi connectivity index (χ2v) is 11.2. The van der Waals surface area contributed by atoms with Gasteiger partial charge >= 0.3 is 0 Å². The summed E-state index contributed by atoms with van der Waals surface area (Å²) in [5.74, 6) is 1.00. The Morgan fingerprint density at radius 3 is 2.23 bits per heavy atom. The molecule has 7 heteroatoms. The van der Waals surface area contributed by atoms with Crippen LogP contribution in [0.5, 0.6) is 0 Å². The lowest BCUT2D eigenvalue weighted by molar-refractivity contribution is 0.147. The summed E-state index contributed by atoms with van der Waals surface area (Å²) in [6.45, 7) is 5.50. The average molecular weight is 443 g/mol. The maximum absolute atomic E-state index is 13.0. The van der Waals surface area contributed by atoms with E-state index in [1.807, 2.05) is 12.1 Å². The third-order valence-corrected chi connectivity index (χ3v) is 9.22. The fourth-order valence-electron chi connectivity index (χ4n) is 5.45. The van der Waals surface area contributed by atoms with Gasteiger partial charge in [-0.3, -0.25) is 4.90 Å². The van der Waals surface area contributed by atoms with Crippen molar-refractivity contribution in [1.29, 1.82) is 0 Å². The van der Waals surface area contributed by atoms with Gasteiger partial charge in [0.15, 0.2) is 0 Å². The van der Waals surface area contributed by atoms with Gasteiger partial charge in [0.1, 0.15) is 5.82 Å². The number of hydrogen-bond acceptors (Lipinski definition) is 5. The monoisotopic (exact) mass is 442 g/mol. The number of piperidine rings is 1. The molecule has 1 aromatic heterocycles. The Morgan fingerprint density at radius 1 is 0.774 bits per heavy atom. The Bertz CT molecular complexity index is 1010. The molecule has 2 aromatic rings. The van der Waals surface area contributed by atoms with Gasteiger partial charge in [-0.15, -0.1) is 0 Å². The molecular weight excluding hydrogens is 408 g/mol. The first-order valence-electron chi connectivity index (χ1n) is 12.0. The van der Waals surface area contributed by atoms with Gasteiger partial charge in [0.05, 0.1) is 10.4 Å². The van der Waals surface area contributed by atoms with Crippen molar-refractivity contribution in [2.24, 2.45) is 0 Å². The maximum Gasteiger partial charge on any atom is 0.243 e. The van der Waals surface area contributed by atoms with Gasteiger partial charge in [0, 0.05) is 50.7 Å². The summed E-state index contributed by atoms with van der Waals surface area (Å²) in [4.78, 5) is 10.3. The fourth-order valence-corrected chi connectivity index (χ4v) is 7.00. The van der Waals surface area contributed by atoms with Crippen molar-refractivity contribution in [2.75, 3.05) is 44.2 Å². The minimum atomic E-state index is -3.41. The molecule has 0 atom stereocenters. The number of anilines is 1. The molecule has 2 aliphatic heterocycles. The van der Waals surface area contributed by atoms with Crippen molar-refractivity contribution in [3.63, 3.8) is 0 Å². The number of aromatic nitrogens is 1. The number of hydrogen-bond donors (Lipinski definition) is 0. The molecule has 0 N–H and O–H groups in total. The molecule has 1 saturated carbocycles. The molecule has 5 rings (SSSR count). The van der Waals surface area contributed by atoms with Crippen LogP contribution in [0.2, 0.25) is 0 Å². The first-order chi connectivity index (χ1) is 15.1. The molecule has 2 saturated heterocycles. The van der Waals surface area contributed by atoms with Crippen LogP contribution in [0.3, 0.4) is 0 Å². The van der Waals surface area contributed by atoms with Crippen LogP contribution < -0.4 is 4.90 Å². The van der Waals surface area contributed by atoms with E-state index in [1.54, 1.807) is 16.4 Å². The lowest BCUT2D eigenvalue weighted by Crippen LogP contribution is -2.51. The van der Waals surface area contributed by atoms with Gasteiger partial charge in [-0.2, -0.15) is 4.31 Å². The zero-order chi connectivity index (χ0) is 21.3. The van der Waals surface area contributed by atoms with E-state index in [4.69, 9.17) is 4.98 Å². The van der Waals surface area contributed by atoms with E-state index in [-0.39, 0.29) is 0 Å². The van der Waals surface area contributed by atoms with Crippen LogP contribution in [-0.2, 0) is 10.0 Å². The first-order valence-corrected chi connectivity index (χ1v) is 13.5. The number of pyridine rings is 1. The summed E-state index contributed by atoms with van der Waals surface area (Å²) in [6, 6.07) is 10.2. The fraction of sp³-hybridized carbons (Fsp3) is 0.625. The van der Waals surface area contributed by atoms with Gasteiger partial charge in [0.2, 0.25) is 10.0 Å².